The Balaban J connectivity index is 1.53. The minimum atomic E-state index is 0.673. The van der Waals surface area contributed by atoms with Crippen molar-refractivity contribution in [2.75, 3.05) is 5.32 Å². The maximum atomic E-state index is 4.76. The van der Waals surface area contributed by atoms with Crippen LogP contribution in [-0.4, -0.2) is 24.8 Å². The van der Waals surface area contributed by atoms with Gasteiger partial charge >= 0.3 is 0 Å². The Bertz CT molecular complexity index is 1240. The van der Waals surface area contributed by atoms with Gasteiger partial charge in [-0.2, -0.15) is 14.7 Å². The molecule has 0 atom stereocenters. The van der Waals surface area contributed by atoms with Crippen LogP contribution in [0, 0.1) is 0 Å². The molecule has 27 heavy (non-hydrogen) atoms. The quantitative estimate of drug-likeness (QED) is 0.445. The maximum Gasteiger partial charge on any atom is 0.172 e. The summed E-state index contributed by atoms with van der Waals surface area (Å²) < 4.78 is 2.68. The van der Waals surface area contributed by atoms with Crippen LogP contribution in [0.15, 0.2) is 71.5 Å². The highest BCUT2D eigenvalue weighted by molar-refractivity contribution is 9.10. The van der Waals surface area contributed by atoms with Crippen molar-refractivity contribution in [2.24, 2.45) is 0 Å². The third kappa shape index (κ3) is 2.96. The molecule has 7 heteroatoms. The van der Waals surface area contributed by atoms with Crippen LogP contribution in [0.25, 0.3) is 27.8 Å². The number of halogens is 1. The summed E-state index contributed by atoms with van der Waals surface area (Å²) in [5, 5.41) is 16.1. The van der Waals surface area contributed by atoms with E-state index in [0.717, 1.165) is 38.1 Å². The number of aromatic nitrogens is 5. The Morgan fingerprint density at radius 2 is 1.93 bits per heavy atom. The number of hydrogen-bond donors (Lipinski definition) is 2. The van der Waals surface area contributed by atoms with Crippen molar-refractivity contribution in [1.82, 2.24) is 24.8 Å². The van der Waals surface area contributed by atoms with Crippen molar-refractivity contribution >= 4 is 38.3 Å². The molecule has 0 fully saturated rings. The fraction of sp³-hybridized carbons (Fsp3) is 0.0500. The predicted octanol–water partition coefficient (Wildman–Crippen LogP) is 4.65. The Labute approximate surface area is 163 Å². The van der Waals surface area contributed by atoms with Crippen LogP contribution in [0.1, 0.15) is 5.56 Å². The zero-order valence-corrected chi connectivity index (χ0v) is 15.8. The van der Waals surface area contributed by atoms with Gasteiger partial charge < -0.3 is 5.32 Å². The summed E-state index contributed by atoms with van der Waals surface area (Å²) in [4.78, 5) is 4.76. The second-order valence-electron chi connectivity index (χ2n) is 6.27. The summed E-state index contributed by atoms with van der Waals surface area (Å²) in [6.07, 6.45) is 3.60. The van der Waals surface area contributed by atoms with E-state index in [1.54, 1.807) is 6.20 Å². The molecule has 0 unspecified atom stereocenters. The van der Waals surface area contributed by atoms with Crippen LogP contribution in [0.3, 0.4) is 0 Å². The first-order chi connectivity index (χ1) is 13.3. The summed E-state index contributed by atoms with van der Waals surface area (Å²) in [7, 11) is 0. The van der Waals surface area contributed by atoms with Gasteiger partial charge in [0.15, 0.2) is 5.65 Å². The van der Waals surface area contributed by atoms with Gasteiger partial charge in [-0.05, 0) is 33.6 Å². The Kier molecular flexibility index (Phi) is 3.86. The van der Waals surface area contributed by atoms with Crippen LogP contribution >= 0.6 is 15.9 Å². The molecule has 3 aromatic heterocycles. The first-order valence-electron chi connectivity index (χ1n) is 8.53. The molecule has 0 bridgehead atoms. The lowest BCUT2D eigenvalue weighted by molar-refractivity contribution is 0.927. The highest BCUT2D eigenvalue weighted by Crippen LogP contribution is 2.26. The van der Waals surface area contributed by atoms with Gasteiger partial charge in [-0.3, -0.25) is 5.10 Å². The van der Waals surface area contributed by atoms with E-state index >= 15 is 0 Å². The van der Waals surface area contributed by atoms with Crippen molar-refractivity contribution < 1.29 is 0 Å². The Hall–Kier alpha value is -3.19. The highest BCUT2D eigenvalue weighted by Gasteiger charge is 2.11. The molecule has 0 saturated carbocycles. The number of benzene rings is 2. The van der Waals surface area contributed by atoms with Crippen LogP contribution in [0.5, 0.6) is 0 Å². The molecule has 2 N–H and O–H groups in total. The SMILES string of the molecule is Brc1cnn2c(NCc3ccc4[nH]ncc4c3)cc(-c3ccccc3)nc12. The molecule has 5 rings (SSSR count). The third-order valence-electron chi connectivity index (χ3n) is 4.48. The zero-order chi connectivity index (χ0) is 18.2. The zero-order valence-electron chi connectivity index (χ0n) is 14.2. The van der Waals surface area contributed by atoms with Gasteiger partial charge in [0.05, 0.1) is 28.1 Å². The van der Waals surface area contributed by atoms with Gasteiger partial charge in [-0.25, -0.2) is 4.98 Å². The number of fused-ring (bicyclic) bond motifs is 2. The summed E-state index contributed by atoms with van der Waals surface area (Å²) in [5.41, 5.74) is 4.95. The van der Waals surface area contributed by atoms with Crippen molar-refractivity contribution in [3.8, 4) is 11.3 Å². The number of aromatic amines is 1. The van der Waals surface area contributed by atoms with Gasteiger partial charge in [0, 0.05) is 23.6 Å². The number of H-pyrrole nitrogens is 1. The standard InChI is InChI=1S/C20H15BrN6/c21-16-12-24-27-19(9-18(25-20(16)27)14-4-2-1-3-5-14)22-10-13-6-7-17-15(8-13)11-23-26-17/h1-9,11-12,22H,10H2,(H,23,26). The summed E-state index contributed by atoms with van der Waals surface area (Å²) in [6, 6.07) is 18.4. The van der Waals surface area contributed by atoms with E-state index in [1.165, 1.54) is 5.56 Å². The van der Waals surface area contributed by atoms with Crippen molar-refractivity contribution in [3.05, 3.63) is 77.0 Å². The van der Waals surface area contributed by atoms with Gasteiger partial charge in [0.1, 0.15) is 5.82 Å². The lowest BCUT2D eigenvalue weighted by Crippen LogP contribution is -2.06. The van der Waals surface area contributed by atoms with Gasteiger partial charge in [-0.1, -0.05) is 36.4 Å². The fourth-order valence-electron chi connectivity index (χ4n) is 3.11. The smallest absolute Gasteiger partial charge is 0.172 e. The Morgan fingerprint density at radius 3 is 2.81 bits per heavy atom. The van der Waals surface area contributed by atoms with E-state index < -0.39 is 0 Å². The minimum absolute atomic E-state index is 0.673. The van der Waals surface area contributed by atoms with Gasteiger partial charge in [0.2, 0.25) is 0 Å². The van der Waals surface area contributed by atoms with E-state index in [1.807, 2.05) is 41.0 Å². The first kappa shape index (κ1) is 16.0. The van der Waals surface area contributed by atoms with Gasteiger partial charge in [0.25, 0.3) is 0 Å². The van der Waals surface area contributed by atoms with Gasteiger partial charge in [-0.15, -0.1) is 0 Å². The number of hydrogen-bond acceptors (Lipinski definition) is 4. The molecule has 5 aromatic rings. The summed E-state index contributed by atoms with van der Waals surface area (Å²) in [6.45, 7) is 0.673. The molecular formula is C20H15BrN6. The van der Waals surface area contributed by atoms with Crippen molar-refractivity contribution in [3.63, 3.8) is 0 Å². The van der Waals surface area contributed by atoms with Crippen molar-refractivity contribution in [1.29, 1.82) is 0 Å². The summed E-state index contributed by atoms with van der Waals surface area (Å²) >= 11 is 3.54. The molecule has 0 amide bonds. The number of anilines is 1. The average Bonchev–Trinajstić information content (AvgIpc) is 3.33. The van der Waals surface area contributed by atoms with E-state index in [9.17, 15) is 0 Å². The number of rotatable bonds is 4. The Morgan fingerprint density at radius 1 is 1.04 bits per heavy atom. The van der Waals surface area contributed by atoms with E-state index in [0.29, 0.717) is 6.54 Å². The highest BCUT2D eigenvalue weighted by atomic mass is 79.9. The predicted molar refractivity (Wildman–Crippen MR) is 110 cm³/mol. The van der Waals surface area contributed by atoms with Crippen molar-refractivity contribution in [2.45, 2.75) is 6.54 Å². The van der Waals surface area contributed by atoms with Crippen LogP contribution < -0.4 is 5.32 Å². The second-order valence-corrected chi connectivity index (χ2v) is 7.12. The molecule has 0 radical (unpaired) electrons. The molecule has 0 saturated heterocycles. The molecule has 0 aliphatic carbocycles. The fourth-order valence-corrected chi connectivity index (χ4v) is 3.46. The molecule has 6 nitrogen and oxygen atoms in total. The third-order valence-corrected chi connectivity index (χ3v) is 5.04. The normalized spacial score (nSPS) is 11.3. The van der Waals surface area contributed by atoms with E-state index in [2.05, 4.69) is 60.8 Å². The molecule has 132 valence electrons. The minimum Gasteiger partial charge on any atom is -0.366 e. The van der Waals surface area contributed by atoms with Crippen LogP contribution in [0.2, 0.25) is 0 Å². The number of nitrogens with zero attached hydrogens (tertiary/aromatic N) is 4. The molecule has 3 heterocycles. The lowest BCUT2D eigenvalue weighted by Gasteiger charge is -2.11. The first-order valence-corrected chi connectivity index (χ1v) is 9.33. The second kappa shape index (κ2) is 6.51. The number of nitrogens with one attached hydrogen (secondary N) is 2. The monoisotopic (exact) mass is 418 g/mol. The molecule has 0 aliphatic heterocycles. The maximum absolute atomic E-state index is 4.76. The average molecular weight is 419 g/mol. The topological polar surface area (TPSA) is 70.9 Å². The summed E-state index contributed by atoms with van der Waals surface area (Å²) in [5.74, 6) is 0.886. The van der Waals surface area contributed by atoms with E-state index in [-0.39, 0.29) is 0 Å². The van der Waals surface area contributed by atoms with Crippen LogP contribution in [-0.2, 0) is 6.54 Å². The molecule has 0 spiro atoms. The largest absolute Gasteiger partial charge is 0.366 e. The molecular weight excluding hydrogens is 404 g/mol. The molecule has 2 aromatic carbocycles. The molecule has 0 aliphatic rings. The lowest BCUT2D eigenvalue weighted by atomic mass is 10.1. The van der Waals surface area contributed by atoms with Crippen LogP contribution in [0.4, 0.5) is 5.82 Å². The van der Waals surface area contributed by atoms with E-state index in [4.69, 9.17) is 4.98 Å².